The topological polar surface area (TPSA) is 96.0 Å². The van der Waals surface area contributed by atoms with Crippen molar-refractivity contribution in [1.29, 1.82) is 0 Å². The molecule has 1 saturated heterocycles. The molecule has 0 bridgehead atoms. The molecule has 0 spiro atoms. The third-order valence-electron chi connectivity index (χ3n) is 7.19. The fourth-order valence-corrected chi connectivity index (χ4v) is 6.71. The van der Waals surface area contributed by atoms with Crippen molar-refractivity contribution in [2.24, 2.45) is 11.8 Å². The van der Waals surface area contributed by atoms with Crippen molar-refractivity contribution < 1.29 is 22.7 Å². The van der Waals surface area contributed by atoms with Crippen LogP contribution in [0.3, 0.4) is 0 Å². The van der Waals surface area contributed by atoms with Crippen LogP contribution in [0.2, 0.25) is 0 Å². The van der Waals surface area contributed by atoms with Crippen LogP contribution >= 0.6 is 0 Å². The lowest BCUT2D eigenvalue weighted by Gasteiger charge is -2.31. The molecule has 3 aliphatic rings. The quantitative estimate of drug-likeness (QED) is 0.660. The summed E-state index contributed by atoms with van der Waals surface area (Å²) in [5.41, 5.74) is 2.27. The molecule has 1 N–H and O–H groups in total. The Hall–Kier alpha value is -2.91. The van der Waals surface area contributed by atoms with Crippen LogP contribution in [0, 0.1) is 11.8 Å². The van der Waals surface area contributed by atoms with Gasteiger partial charge in [-0.05, 0) is 74.9 Å². The van der Waals surface area contributed by atoms with Gasteiger partial charge in [-0.25, -0.2) is 8.42 Å². The van der Waals surface area contributed by atoms with E-state index in [1.807, 2.05) is 24.0 Å². The summed E-state index contributed by atoms with van der Waals surface area (Å²) >= 11 is 0. The van der Waals surface area contributed by atoms with E-state index >= 15 is 0 Å². The molecule has 2 heterocycles. The molecule has 2 fully saturated rings. The number of anilines is 2. The maximum absolute atomic E-state index is 13.5. The van der Waals surface area contributed by atoms with Crippen LogP contribution in [-0.2, 0) is 26.0 Å². The number of amides is 2. The molecule has 2 aromatic carbocycles. The zero-order chi connectivity index (χ0) is 24.7. The smallest absolute Gasteiger partial charge is 0.243 e. The fraction of sp³-hybridized carbons (Fsp3) is 0.462. The summed E-state index contributed by atoms with van der Waals surface area (Å²) in [6, 6.07) is 12.2. The van der Waals surface area contributed by atoms with E-state index in [0.29, 0.717) is 37.2 Å². The van der Waals surface area contributed by atoms with Crippen molar-refractivity contribution in [3.8, 4) is 5.75 Å². The number of ether oxygens (including phenoxy) is 1. The van der Waals surface area contributed by atoms with Crippen molar-refractivity contribution in [3.63, 3.8) is 0 Å². The fourth-order valence-electron chi connectivity index (χ4n) is 5.14. The number of hydrogen-bond acceptors (Lipinski definition) is 5. The van der Waals surface area contributed by atoms with E-state index < -0.39 is 15.9 Å². The maximum Gasteiger partial charge on any atom is 0.243 e. The molecule has 5 rings (SSSR count). The van der Waals surface area contributed by atoms with Crippen molar-refractivity contribution >= 4 is 33.2 Å². The molecule has 2 atom stereocenters. The number of carbonyl (C=O) groups excluding carboxylic acids is 2. The highest BCUT2D eigenvalue weighted by Gasteiger charge is 2.40. The maximum atomic E-state index is 13.5. The Morgan fingerprint density at radius 1 is 1.06 bits per heavy atom. The number of rotatable bonds is 6. The van der Waals surface area contributed by atoms with E-state index in [0.717, 1.165) is 24.1 Å². The Bertz CT molecular complexity index is 1260. The number of hydrogen-bond donors (Lipinski definition) is 1. The third-order valence-corrected chi connectivity index (χ3v) is 9.05. The van der Waals surface area contributed by atoms with Gasteiger partial charge in [0.2, 0.25) is 21.8 Å². The molecule has 0 radical (unpaired) electrons. The number of carbonyl (C=O) groups is 2. The molecule has 2 aromatic rings. The van der Waals surface area contributed by atoms with Crippen LogP contribution < -0.4 is 15.0 Å². The molecular weight excluding hydrogens is 466 g/mol. The van der Waals surface area contributed by atoms with Gasteiger partial charge in [-0.3, -0.25) is 9.59 Å². The van der Waals surface area contributed by atoms with Crippen LogP contribution in [0.1, 0.15) is 38.2 Å². The lowest BCUT2D eigenvalue weighted by atomic mass is 9.98. The van der Waals surface area contributed by atoms with E-state index in [2.05, 4.69) is 5.32 Å². The summed E-state index contributed by atoms with van der Waals surface area (Å²) in [6.07, 6.45) is 3.73. The van der Waals surface area contributed by atoms with Crippen LogP contribution in [0.4, 0.5) is 11.4 Å². The minimum absolute atomic E-state index is 0.0223. The molecule has 2 amide bonds. The molecule has 1 saturated carbocycles. The molecular formula is C26H31N3O5S. The summed E-state index contributed by atoms with van der Waals surface area (Å²) in [6.45, 7) is 2.51. The molecule has 9 heteroatoms. The zero-order valence-corrected chi connectivity index (χ0v) is 20.9. The first-order valence-corrected chi connectivity index (χ1v) is 13.6. The first-order valence-electron chi connectivity index (χ1n) is 12.2. The van der Waals surface area contributed by atoms with Crippen LogP contribution in [0.25, 0.3) is 0 Å². The third kappa shape index (κ3) is 4.54. The number of nitrogens with one attached hydrogen (secondary N) is 1. The lowest BCUT2D eigenvalue weighted by Crippen LogP contribution is -2.43. The van der Waals surface area contributed by atoms with Crippen LogP contribution in [0.5, 0.6) is 5.75 Å². The second kappa shape index (κ2) is 9.28. The van der Waals surface area contributed by atoms with Crippen molar-refractivity contribution in [3.05, 3.63) is 48.0 Å². The van der Waals surface area contributed by atoms with Crippen molar-refractivity contribution in [1.82, 2.24) is 4.31 Å². The summed E-state index contributed by atoms with van der Waals surface area (Å²) in [7, 11) is -2.23. The van der Waals surface area contributed by atoms with Gasteiger partial charge in [-0.15, -0.1) is 0 Å². The summed E-state index contributed by atoms with van der Waals surface area (Å²) in [5.74, 6) is 0.143. The van der Waals surface area contributed by atoms with Crippen molar-refractivity contribution in [2.45, 2.75) is 50.0 Å². The largest absolute Gasteiger partial charge is 0.495 e. The number of fused-ring (bicyclic) bond motifs is 1. The normalized spacial score (nSPS) is 22.5. The Morgan fingerprint density at radius 2 is 1.83 bits per heavy atom. The summed E-state index contributed by atoms with van der Waals surface area (Å²) in [5, 5.41) is 2.89. The van der Waals surface area contributed by atoms with Gasteiger partial charge in [0, 0.05) is 30.7 Å². The lowest BCUT2D eigenvalue weighted by molar-refractivity contribution is -0.121. The average molecular weight is 498 g/mol. The van der Waals surface area contributed by atoms with E-state index in [9.17, 15) is 18.0 Å². The van der Waals surface area contributed by atoms with Crippen LogP contribution in [0.15, 0.2) is 47.4 Å². The standard InChI is InChI=1S/C26H31N3O5S/c1-17-14-20-15-21(11-12-23(20)29(17)26(31)18-9-10-18)35(32,33)28-13-5-6-19(16-28)25(30)27-22-7-3-4-8-24(22)34-2/h3-4,7-8,11-12,15,17-19H,5-6,9-10,13-14,16H2,1-2H3,(H,27,30)/t17-,19+/m0/s1. The van der Waals surface area contributed by atoms with E-state index in [4.69, 9.17) is 4.74 Å². The van der Waals surface area contributed by atoms with E-state index in [1.165, 1.54) is 4.31 Å². The van der Waals surface area contributed by atoms with Gasteiger partial charge in [0.05, 0.1) is 23.6 Å². The number of benzene rings is 2. The van der Waals surface area contributed by atoms with E-state index in [-0.39, 0.29) is 35.2 Å². The van der Waals surface area contributed by atoms with Gasteiger partial charge < -0.3 is 15.0 Å². The molecule has 1 aliphatic carbocycles. The van der Waals surface area contributed by atoms with Crippen molar-refractivity contribution in [2.75, 3.05) is 30.4 Å². The minimum Gasteiger partial charge on any atom is -0.495 e. The second-order valence-corrected chi connectivity index (χ2v) is 11.7. The average Bonchev–Trinajstić information content (AvgIpc) is 3.66. The first-order chi connectivity index (χ1) is 16.8. The van der Waals surface area contributed by atoms with Gasteiger partial charge in [-0.1, -0.05) is 12.1 Å². The summed E-state index contributed by atoms with van der Waals surface area (Å²) in [4.78, 5) is 27.8. The van der Waals surface area contributed by atoms with Gasteiger partial charge in [0.25, 0.3) is 0 Å². The highest BCUT2D eigenvalue weighted by Crippen LogP contribution is 2.40. The predicted molar refractivity (Wildman–Crippen MR) is 133 cm³/mol. The van der Waals surface area contributed by atoms with Gasteiger partial charge in [0.15, 0.2) is 0 Å². The SMILES string of the molecule is COc1ccccc1NC(=O)[C@@H]1CCCN(S(=O)(=O)c2ccc3c(c2)C[C@H](C)N3C(=O)C2CC2)C1. The molecule has 2 aliphatic heterocycles. The Morgan fingerprint density at radius 3 is 2.57 bits per heavy atom. The second-order valence-electron chi connectivity index (χ2n) is 9.72. The van der Waals surface area contributed by atoms with Crippen LogP contribution in [-0.4, -0.2) is 50.8 Å². The molecule has 186 valence electrons. The van der Waals surface area contributed by atoms with Gasteiger partial charge in [-0.2, -0.15) is 4.31 Å². The number of nitrogens with zero attached hydrogens (tertiary/aromatic N) is 2. The molecule has 8 nitrogen and oxygen atoms in total. The predicted octanol–water partition coefficient (Wildman–Crippen LogP) is 3.42. The monoisotopic (exact) mass is 497 g/mol. The van der Waals surface area contributed by atoms with Gasteiger partial charge in [0.1, 0.15) is 5.75 Å². The minimum atomic E-state index is -3.77. The Labute approximate surface area is 206 Å². The Balaban J connectivity index is 1.32. The molecule has 0 aromatic heterocycles. The molecule has 0 unspecified atom stereocenters. The number of piperidine rings is 1. The number of sulfonamides is 1. The van der Waals surface area contributed by atoms with Gasteiger partial charge >= 0.3 is 0 Å². The highest BCUT2D eigenvalue weighted by atomic mass is 32.2. The van der Waals surface area contributed by atoms with E-state index in [1.54, 1.807) is 37.4 Å². The first kappa shape index (κ1) is 23.8. The summed E-state index contributed by atoms with van der Waals surface area (Å²) < 4.78 is 33.8. The molecule has 35 heavy (non-hydrogen) atoms. The highest BCUT2D eigenvalue weighted by molar-refractivity contribution is 7.89. The Kier molecular flexibility index (Phi) is 6.31. The number of para-hydroxylation sites is 2. The zero-order valence-electron chi connectivity index (χ0n) is 20.1. The number of methoxy groups -OCH3 is 1.